The van der Waals surface area contributed by atoms with Crippen LogP contribution in [-0.4, -0.2) is 36.0 Å². The Morgan fingerprint density at radius 1 is 1.50 bits per heavy atom. The summed E-state index contributed by atoms with van der Waals surface area (Å²) in [6.07, 6.45) is 2.95. The van der Waals surface area contributed by atoms with Crippen molar-refractivity contribution < 1.29 is 10.2 Å². The Balaban J connectivity index is 2.18. The molecule has 1 aliphatic heterocycles. The Morgan fingerprint density at radius 2 is 2.33 bits per heavy atom. The molecule has 0 aromatic carbocycles. The molecule has 0 radical (unpaired) electrons. The van der Waals surface area contributed by atoms with E-state index in [0.717, 1.165) is 32.4 Å². The first-order valence-corrected chi connectivity index (χ1v) is 4.78. The molecule has 1 heterocycles. The van der Waals surface area contributed by atoms with E-state index in [9.17, 15) is 10.2 Å². The van der Waals surface area contributed by atoms with Crippen LogP contribution in [0.15, 0.2) is 0 Å². The Kier molecular flexibility index (Phi) is 2.10. The number of rotatable bonds is 1. The van der Waals surface area contributed by atoms with Gasteiger partial charge < -0.3 is 15.5 Å². The van der Waals surface area contributed by atoms with E-state index in [4.69, 9.17) is 0 Å². The minimum Gasteiger partial charge on any atom is -0.396 e. The predicted molar refractivity (Wildman–Crippen MR) is 45.7 cm³/mol. The first-order valence-electron chi connectivity index (χ1n) is 4.78. The maximum atomic E-state index is 9.94. The van der Waals surface area contributed by atoms with Gasteiger partial charge in [-0.1, -0.05) is 6.42 Å². The molecule has 2 fully saturated rings. The van der Waals surface area contributed by atoms with Crippen LogP contribution in [0.1, 0.15) is 19.3 Å². The third kappa shape index (κ3) is 1.08. The number of piperidine rings is 1. The van der Waals surface area contributed by atoms with Crippen molar-refractivity contribution in [2.24, 2.45) is 11.3 Å². The van der Waals surface area contributed by atoms with Crippen LogP contribution in [0.3, 0.4) is 0 Å². The lowest BCUT2D eigenvalue weighted by Crippen LogP contribution is -2.59. The van der Waals surface area contributed by atoms with E-state index in [1.807, 2.05) is 0 Å². The molecule has 3 N–H and O–H groups in total. The van der Waals surface area contributed by atoms with E-state index >= 15 is 0 Å². The molecular weight excluding hydrogens is 154 g/mol. The highest BCUT2D eigenvalue weighted by molar-refractivity contribution is 4.99. The van der Waals surface area contributed by atoms with Crippen molar-refractivity contribution >= 4 is 0 Å². The van der Waals surface area contributed by atoms with Crippen molar-refractivity contribution in [2.75, 3.05) is 19.7 Å². The van der Waals surface area contributed by atoms with Crippen molar-refractivity contribution in [1.29, 1.82) is 0 Å². The molecule has 0 aromatic heterocycles. The van der Waals surface area contributed by atoms with Gasteiger partial charge in [0.2, 0.25) is 0 Å². The molecule has 3 atom stereocenters. The fourth-order valence-electron chi connectivity index (χ4n) is 2.66. The van der Waals surface area contributed by atoms with E-state index in [2.05, 4.69) is 5.32 Å². The molecule has 1 saturated heterocycles. The molecule has 0 unspecified atom stereocenters. The summed E-state index contributed by atoms with van der Waals surface area (Å²) in [7, 11) is 0. The molecule has 1 aliphatic carbocycles. The quantitative estimate of drug-likeness (QED) is 0.509. The monoisotopic (exact) mass is 171 g/mol. The van der Waals surface area contributed by atoms with E-state index < -0.39 is 0 Å². The second kappa shape index (κ2) is 2.98. The first kappa shape index (κ1) is 8.48. The van der Waals surface area contributed by atoms with Crippen molar-refractivity contribution in [3.8, 4) is 0 Å². The van der Waals surface area contributed by atoms with Gasteiger partial charge in [0.1, 0.15) is 0 Å². The third-order valence-corrected chi connectivity index (χ3v) is 3.52. The Morgan fingerprint density at radius 3 is 3.00 bits per heavy atom. The van der Waals surface area contributed by atoms with Crippen molar-refractivity contribution in [3.63, 3.8) is 0 Å². The SMILES string of the molecule is OC[C@@]12CCC[C@@H](CNC1)[C@@H]2O. The fourth-order valence-corrected chi connectivity index (χ4v) is 2.66. The minimum absolute atomic E-state index is 0.123. The van der Waals surface area contributed by atoms with Gasteiger partial charge in [-0.3, -0.25) is 0 Å². The van der Waals surface area contributed by atoms with Gasteiger partial charge in [0.15, 0.2) is 0 Å². The average Bonchev–Trinajstić information content (AvgIpc) is 2.05. The predicted octanol–water partition coefficient (Wildman–Crippen LogP) is -0.271. The van der Waals surface area contributed by atoms with Crippen LogP contribution in [-0.2, 0) is 0 Å². The zero-order chi connectivity index (χ0) is 8.60. The van der Waals surface area contributed by atoms with Crippen molar-refractivity contribution in [3.05, 3.63) is 0 Å². The van der Waals surface area contributed by atoms with Gasteiger partial charge in [0.25, 0.3) is 0 Å². The molecular formula is C9H17NO2. The number of hydrogen-bond acceptors (Lipinski definition) is 3. The standard InChI is InChI=1S/C9H17NO2/c11-6-9-3-1-2-7(8(9)12)4-10-5-9/h7-8,10-12H,1-6H2/t7-,8-,9+/m0/s1. The van der Waals surface area contributed by atoms with E-state index in [-0.39, 0.29) is 18.1 Å². The Labute approximate surface area is 72.8 Å². The second-order valence-corrected chi connectivity index (χ2v) is 4.25. The van der Waals surface area contributed by atoms with Crippen molar-refractivity contribution in [2.45, 2.75) is 25.4 Å². The Bertz CT molecular complexity index is 162. The first-order chi connectivity index (χ1) is 5.78. The summed E-state index contributed by atoms with van der Waals surface area (Å²) in [5.41, 5.74) is -0.221. The summed E-state index contributed by atoms with van der Waals surface area (Å²) in [5.74, 6) is 0.375. The summed E-state index contributed by atoms with van der Waals surface area (Å²) in [4.78, 5) is 0. The fraction of sp³-hybridized carbons (Fsp3) is 1.00. The second-order valence-electron chi connectivity index (χ2n) is 4.25. The average molecular weight is 171 g/mol. The summed E-state index contributed by atoms with van der Waals surface area (Å²) in [6, 6.07) is 0. The highest BCUT2D eigenvalue weighted by Gasteiger charge is 2.46. The summed E-state index contributed by atoms with van der Waals surface area (Å²) < 4.78 is 0. The molecule has 12 heavy (non-hydrogen) atoms. The van der Waals surface area contributed by atoms with Gasteiger partial charge >= 0.3 is 0 Å². The molecule has 0 amide bonds. The number of fused-ring (bicyclic) bond motifs is 2. The summed E-state index contributed by atoms with van der Waals surface area (Å²) in [5, 5.41) is 22.5. The summed E-state index contributed by atoms with van der Waals surface area (Å²) >= 11 is 0. The molecule has 3 heteroatoms. The zero-order valence-corrected chi connectivity index (χ0v) is 7.29. The Hall–Kier alpha value is -0.120. The zero-order valence-electron chi connectivity index (χ0n) is 7.29. The number of nitrogens with one attached hydrogen (secondary N) is 1. The maximum Gasteiger partial charge on any atom is 0.0670 e. The van der Waals surface area contributed by atoms with Gasteiger partial charge in [0, 0.05) is 18.5 Å². The molecule has 70 valence electrons. The van der Waals surface area contributed by atoms with Crippen LogP contribution in [0.5, 0.6) is 0 Å². The lowest BCUT2D eigenvalue weighted by atomic mass is 9.65. The highest BCUT2D eigenvalue weighted by Crippen LogP contribution is 2.41. The van der Waals surface area contributed by atoms with Gasteiger partial charge in [-0.25, -0.2) is 0 Å². The van der Waals surface area contributed by atoms with Crippen LogP contribution in [0, 0.1) is 11.3 Å². The lowest BCUT2D eigenvalue weighted by Gasteiger charge is -2.48. The van der Waals surface area contributed by atoms with Gasteiger partial charge in [0.05, 0.1) is 12.7 Å². The van der Waals surface area contributed by atoms with Crippen LogP contribution >= 0.6 is 0 Å². The molecule has 0 aromatic rings. The third-order valence-electron chi connectivity index (χ3n) is 3.52. The normalized spacial score (nSPS) is 47.5. The largest absolute Gasteiger partial charge is 0.396 e. The van der Waals surface area contributed by atoms with Crippen LogP contribution < -0.4 is 5.32 Å². The molecule has 3 nitrogen and oxygen atoms in total. The van der Waals surface area contributed by atoms with Crippen LogP contribution in [0.2, 0.25) is 0 Å². The number of aliphatic hydroxyl groups excluding tert-OH is 2. The van der Waals surface area contributed by atoms with Gasteiger partial charge in [-0.2, -0.15) is 0 Å². The van der Waals surface area contributed by atoms with E-state index in [0.29, 0.717) is 5.92 Å². The lowest BCUT2D eigenvalue weighted by molar-refractivity contribution is -0.0981. The van der Waals surface area contributed by atoms with Crippen LogP contribution in [0.25, 0.3) is 0 Å². The number of aliphatic hydroxyl groups is 2. The van der Waals surface area contributed by atoms with Crippen molar-refractivity contribution in [1.82, 2.24) is 5.32 Å². The maximum absolute atomic E-state index is 9.94. The molecule has 0 spiro atoms. The summed E-state index contributed by atoms with van der Waals surface area (Å²) in [6.45, 7) is 1.82. The van der Waals surface area contributed by atoms with Gasteiger partial charge in [-0.05, 0) is 18.8 Å². The van der Waals surface area contributed by atoms with Gasteiger partial charge in [-0.15, -0.1) is 0 Å². The smallest absolute Gasteiger partial charge is 0.0670 e. The molecule has 1 saturated carbocycles. The number of hydrogen-bond donors (Lipinski definition) is 3. The highest BCUT2D eigenvalue weighted by atomic mass is 16.3. The molecule has 2 rings (SSSR count). The minimum atomic E-state index is -0.280. The molecule has 2 bridgehead atoms. The van der Waals surface area contributed by atoms with E-state index in [1.165, 1.54) is 0 Å². The topological polar surface area (TPSA) is 52.5 Å². The van der Waals surface area contributed by atoms with E-state index in [1.54, 1.807) is 0 Å². The molecule has 2 aliphatic rings. The van der Waals surface area contributed by atoms with Crippen LogP contribution in [0.4, 0.5) is 0 Å².